The van der Waals surface area contributed by atoms with Crippen molar-refractivity contribution >= 4 is 0 Å². The van der Waals surface area contributed by atoms with Crippen LogP contribution in [0.5, 0.6) is 0 Å². The minimum atomic E-state index is 0. The van der Waals surface area contributed by atoms with E-state index in [0.29, 0.717) is 0 Å². The van der Waals surface area contributed by atoms with Crippen LogP contribution >= 0.6 is 0 Å². The van der Waals surface area contributed by atoms with Crippen LogP contribution in [-0.4, -0.2) is 9.97 Å². The summed E-state index contributed by atoms with van der Waals surface area (Å²) < 4.78 is 6.46. The zero-order valence-corrected chi connectivity index (χ0v) is 35.7. The normalized spacial score (nSPS) is 12.9. The van der Waals surface area contributed by atoms with Crippen LogP contribution in [-0.2, 0) is 23.6 Å². The Morgan fingerprint density at radius 3 is 1.54 bits per heavy atom. The molecule has 9 heteroatoms. The maximum atomic E-state index is 4.38. The van der Waals surface area contributed by atoms with Gasteiger partial charge < -0.3 is 48.8 Å². The van der Waals surface area contributed by atoms with E-state index < -0.39 is 0 Å². The van der Waals surface area contributed by atoms with E-state index in [2.05, 4.69) is 105 Å². The van der Waals surface area contributed by atoms with Gasteiger partial charge in [0.2, 0.25) is 5.69 Å². The summed E-state index contributed by atoms with van der Waals surface area (Å²) in [5.41, 5.74) is 6.04. The van der Waals surface area contributed by atoms with E-state index >= 15 is 0 Å². The molecule has 5 heterocycles. The molecule has 0 aliphatic heterocycles. The van der Waals surface area contributed by atoms with Crippen molar-refractivity contribution in [2.75, 3.05) is 0 Å². The summed E-state index contributed by atoms with van der Waals surface area (Å²) in [7, 11) is 0. The Morgan fingerprint density at radius 1 is 0.500 bits per heavy atom. The number of aryl methyl sites for hydroxylation is 1. The summed E-state index contributed by atoms with van der Waals surface area (Å²) in [6.45, 7) is 1.13. The van der Waals surface area contributed by atoms with E-state index in [0.717, 1.165) is 18.3 Å². The molecular formula is C45H52Cl2FeIN5. The Kier molecular flexibility index (Phi) is 23.1. The zero-order valence-electron chi connectivity index (χ0n) is 30.9. The van der Waals surface area contributed by atoms with E-state index in [9.17, 15) is 0 Å². The molecule has 0 N–H and O–H groups in total. The minimum absolute atomic E-state index is 0. The molecule has 1 aromatic carbocycles. The average molecular weight is 917 g/mol. The molecule has 0 atom stereocenters. The summed E-state index contributed by atoms with van der Waals surface area (Å²) in [5.74, 6) is 1.96. The van der Waals surface area contributed by atoms with Crippen molar-refractivity contribution in [3.8, 4) is 33.8 Å². The third-order valence-electron chi connectivity index (χ3n) is 9.87. The van der Waals surface area contributed by atoms with Crippen molar-refractivity contribution in [3.63, 3.8) is 0 Å². The van der Waals surface area contributed by atoms with E-state index in [4.69, 9.17) is 0 Å². The molecule has 2 fully saturated rings. The van der Waals surface area contributed by atoms with Gasteiger partial charge in [0.15, 0.2) is 24.8 Å². The number of hydrogen-bond acceptors (Lipinski definition) is 2. The van der Waals surface area contributed by atoms with Crippen molar-refractivity contribution in [1.82, 2.24) is 9.97 Å². The van der Waals surface area contributed by atoms with E-state index in [-0.39, 0.29) is 65.9 Å². The third-order valence-corrected chi connectivity index (χ3v) is 9.87. The van der Waals surface area contributed by atoms with Gasteiger partial charge in [0.05, 0.1) is 12.4 Å². The molecule has 5 aromatic heterocycles. The van der Waals surface area contributed by atoms with Crippen LogP contribution in [0.15, 0.2) is 153 Å². The standard InChI is InChI=1S/C24H29N3.C16H13N2.C5H10.2ClH.Fe.HI/c1-2-8-21(7-1)9-4-6-16-26-17-11-22(12-18-26)23-13-19-27(20-14-23)24-10-3-5-15-25-24;1-2-4-16(5-3-1)18-12-8-15(9-13-18)14-6-10-17-11-7-14;1-2-4-5-3-1;;;;/h3,5,10-15,17-21H,1-2,4,6-9,16H2;1-13H;1-5H2;2*1H;;1H/q+2;+1;;;;;/p-3. The van der Waals surface area contributed by atoms with E-state index in [1.165, 1.54) is 105 Å². The van der Waals surface area contributed by atoms with Gasteiger partial charge in [-0.1, -0.05) is 88.5 Å². The number of aromatic nitrogens is 5. The summed E-state index contributed by atoms with van der Waals surface area (Å²) >= 11 is 0. The molecule has 6 aromatic rings. The van der Waals surface area contributed by atoms with Crippen LogP contribution in [0.1, 0.15) is 77.0 Å². The number of pyridine rings is 5. The summed E-state index contributed by atoms with van der Waals surface area (Å²) in [4.78, 5) is 8.41. The molecule has 8 rings (SSSR count). The predicted molar refractivity (Wildman–Crippen MR) is 201 cm³/mol. The van der Waals surface area contributed by atoms with Crippen molar-refractivity contribution in [2.24, 2.45) is 5.92 Å². The fourth-order valence-corrected chi connectivity index (χ4v) is 6.92. The first-order chi connectivity index (χ1) is 24.8. The molecule has 0 amide bonds. The van der Waals surface area contributed by atoms with Gasteiger partial charge in [-0.15, -0.1) is 0 Å². The van der Waals surface area contributed by atoms with E-state index in [1.807, 2.05) is 71.7 Å². The topological polar surface area (TPSA) is 37.4 Å². The molecular weight excluding hydrogens is 864 g/mol. The smallest absolute Gasteiger partial charge is 0.327 e. The SMILES string of the molecule is C1CCCC1.[Cl-].[Cl-].[Fe].[I-].c1ccc(-[n+]2ccc(-c3cc[n+](CCCCC4CCCC4)cc3)cc2)nc1.c1ccc(-[n+]2ccc(-c3ccncc3)cc2)cc1. The van der Waals surface area contributed by atoms with Crippen LogP contribution < -0.4 is 62.5 Å². The van der Waals surface area contributed by atoms with Gasteiger partial charge in [-0.25, -0.2) is 9.13 Å². The largest absolute Gasteiger partial charge is 1.00 e. The van der Waals surface area contributed by atoms with Gasteiger partial charge in [-0.3, -0.25) is 4.98 Å². The number of nitrogens with zero attached hydrogens (tertiary/aromatic N) is 5. The monoisotopic (exact) mass is 915 g/mol. The Labute approximate surface area is 363 Å². The third kappa shape index (κ3) is 15.1. The number of rotatable bonds is 9. The summed E-state index contributed by atoms with van der Waals surface area (Å²) in [6, 6.07) is 33.2. The van der Waals surface area contributed by atoms with Crippen molar-refractivity contribution in [2.45, 2.75) is 83.6 Å². The molecule has 0 radical (unpaired) electrons. The van der Waals surface area contributed by atoms with Crippen LogP contribution in [0, 0.1) is 5.92 Å². The van der Waals surface area contributed by atoms with Crippen LogP contribution in [0.3, 0.4) is 0 Å². The second kappa shape index (κ2) is 26.6. The average Bonchev–Trinajstić information content (AvgIpc) is 3.97. The first kappa shape index (κ1) is 47.0. The first-order valence-electron chi connectivity index (χ1n) is 18.7. The molecule has 2 saturated carbocycles. The fraction of sp³-hybridized carbons (Fsp3) is 0.311. The van der Waals surface area contributed by atoms with Crippen LogP contribution in [0.25, 0.3) is 33.8 Å². The van der Waals surface area contributed by atoms with Crippen LogP contribution in [0.4, 0.5) is 0 Å². The maximum absolute atomic E-state index is 4.38. The molecule has 0 unspecified atom stereocenters. The number of hydrogen-bond donors (Lipinski definition) is 0. The second-order valence-electron chi connectivity index (χ2n) is 13.5. The molecule has 0 saturated heterocycles. The summed E-state index contributed by atoms with van der Waals surface area (Å²) in [6.07, 6.45) is 35.6. The van der Waals surface area contributed by atoms with Crippen molar-refractivity contribution in [1.29, 1.82) is 0 Å². The molecule has 5 nitrogen and oxygen atoms in total. The van der Waals surface area contributed by atoms with Gasteiger partial charge >= 0.3 is 5.82 Å². The Bertz CT molecular complexity index is 1740. The van der Waals surface area contributed by atoms with Gasteiger partial charge in [0.1, 0.15) is 12.7 Å². The molecule has 2 aliphatic carbocycles. The number of halogens is 3. The molecule has 2 aliphatic rings. The molecule has 0 bridgehead atoms. The maximum Gasteiger partial charge on any atom is 0.327 e. The Morgan fingerprint density at radius 2 is 1.00 bits per heavy atom. The number of para-hydroxylation sites is 1. The van der Waals surface area contributed by atoms with Gasteiger partial charge in [0.25, 0.3) is 0 Å². The first-order valence-corrected chi connectivity index (χ1v) is 18.7. The molecule has 54 heavy (non-hydrogen) atoms. The second-order valence-corrected chi connectivity index (χ2v) is 13.5. The van der Waals surface area contributed by atoms with Crippen molar-refractivity contribution in [3.05, 3.63) is 153 Å². The van der Waals surface area contributed by atoms with E-state index in [1.54, 1.807) is 0 Å². The minimum Gasteiger partial charge on any atom is -1.00 e. The quantitative estimate of drug-likeness (QED) is 0.0927. The van der Waals surface area contributed by atoms with Gasteiger partial charge in [0, 0.05) is 78.3 Å². The summed E-state index contributed by atoms with van der Waals surface area (Å²) in [5, 5.41) is 0. The molecule has 286 valence electrons. The van der Waals surface area contributed by atoms with Crippen LogP contribution in [0.2, 0.25) is 0 Å². The zero-order chi connectivity index (χ0) is 34.1. The number of unbranched alkanes of at least 4 members (excludes halogenated alkanes) is 1. The molecule has 0 spiro atoms. The van der Waals surface area contributed by atoms with Gasteiger partial charge in [-0.05, 0) is 69.9 Å². The Hall–Kier alpha value is -3.20. The van der Waals surface area contributed by atoms with Gasteiger partial charge in [-0.2, -0.15) is 4.57 Å². The number of benzene rings is 1. The fourth-order valence-electron chi connectivity index (χ4n) is 6.92. The predicted octanol–water partition coefficient (Wildman–Crippen LogP) is 0.659. The van der Waals surface area contributed by atoms with Crippen molar-refractivity contribution < 1.29 is 79.6 Å². The Balaban J connectivity index is 0.000000324.